The number of amidine groups is 1. The van der Waals surface area contributed by atoms with Gasteiger partial charge in [-0.25, -0.2) is 0 Å². The molecule has 0 aliphatic heterocycles. The second kappa shape index (κ2) is 4.22. The van der Waals surface area contributed by atoms with Crippen LogP contribution in [0.25, 0.3) is 10.9 Å². The third-order valence-electron chi connectivity index (χ3n) is 2.51. The quantitative estimate of drug-likeness (QED) is 0.634. The highest BCUT2D eigenvalue weighted by molar-refractivity contribution is 6.37. The van der Waals surface area contributed by atoms with E-state index in [0.717, 1.165) is 5.69 Å². The van der Waals surface area contributed by atoms with Crippen molar-refractivity contribution in [3.05, 3.63) is 34.5 Å². The van der Waals surface area contributed by atoms with Crippen LogP contribution in [0.15, 0.2) is 18.2 Å². The van der Waals surface area contributed by atoms with E-state index < -0.39 is 0 Å². The number of methoxy groups -OCH3 is 1. The first-order chi connectivity index (χ1) is 8.04. The summed E-state index contributed by atoms with van der Waals surface area (Å²) in [5.41, 5.74) is 7.60. The zero-order valence-corrected chi connectivity index (χ0v) is 10.3. The Kier molecular flexibility index (Phi) is 2.90. The SMILES string of the molecule is COc1ccc2nc(C)cc(Cl)c2c1C(=N)N. The number of pyridine rings is 1. The molecule has 3 N–H and O–H groups in total. The molecule has 0 fully saturated rings. The van der Waals surface area contributed by atoms with E-state index in [1.54, 1.807) is 18.2 Å². The van der Waals surface area contributed by atoms with Gasteiger partial charge in [0.15, 0.2) is 0 Å². The van der Waals surface area contributed by atoms with E-state index in [4.69, 9.17) is 27.5 Å². The third-order valence-corrected chi connectivity index (χ3v) is 2.80. The predicted octanol–water partition coefficient (Wildman–Crippen LogP) is 2.49. The maximum absolute atomic E-state index is 7.62. The summed E-state index contributed by atoms with van der Waals surface area (Å²) >= 11 is 6.19. The minimum Gasteiger partial charge on any atom is -0.496 e. The molecule has 4 nitrogen and oxygen atoms in total. The Morgan fingerprint density at radius 3 is 2.76 bits per heavy atom. The molecule has 17 heavy (non-hydrogen) atoms. The highest BCUT2D eigenvalue weighted by Crippen LogP contribution is 2.32. The molecule has 0 spiro atoms. The first kappa shape index (κ1) is 11.7. The van der Waals surface area contributed by atoms with Crippen molar-refractivity contribution in [3.63, 3.8) is 0 Å². The topological polar surface area (TPSA) is 72.0 Å². The molecule has 0 amide bonds. The van der Waals surface area contributed by atoms with Crippen molar-refractivity contribution in [1.29, 1.82) is 5.41 Å². The maximum atomic E-state index is 7.62. The normalized spacial score (nSPS) is 10.5. The minimum atomic E-state index is -0.0833. The van der Waals surface area contributed by atoms with Gasteiger partial charge in [0.1, 0.15) is 11.6 Å². The molecule has 0 radical (unpaired) electrons. The molecular formula is C12H12ClN3O. The van der Waals surface area contributed by atoms with Crippen molar-refractivity contribution in [2.45, 2.75) is 6.92 Å². The molecule has 0 saturated heterocycles. The summed E-state index contributed by atoms with van der Waals surface area (Å²) in [6, 6.07) is 5.29. The van der Waals surface area contributed by atoms with Crippen molar-refractivity contribution in [1.82, 2.24) is 4.98 Å². The fraction of sp³-hybridized carbons (Fsp3) is 0.167. The summed E-state index contributed by atoms with van der Waals surface area (Å²) in [6.07, 6.45) is 0. The Hall–Kier alpha value is -1.81. The molecular weight excluding hydrogens is 238 g/mol. The number of aromatic nitrogens is 1. The van der Waals surface area contributed by atoms with E-state index in [0.29, 0.717) is 27.2 Å². The molecule has 0 aliphatic carbocycles. The number of benzene rings is 1. The number of nitrogens with one attached hydrogen (secondary N) is 1. The van der Waals surface area contributed by atoms with Crippen molar-refractivity contribution in [2.75, 3.05) is 7.11 Å². The highest BCUT2D eigenvalue weighted by Gasteiger charge is 2.14. The molecule has 5 heteroatoms. The number of halogens is 1. The number of ether oxygens (including phenoxy) is 1. The van der Waals surface area contributed by atoms with Gasteiger partial charge in [-0.15, -0.1) is 0 Å². The maximum Gasteiger partial charge on any atom is 0.130 e. The largest absolute Gasteiger partial charge is 0.496 e. The molecule has 1 aromatic carbocycles. The monoisotopic (exact) mass is 249 g/mol. The van der Waals surface area contributed by atoms with Gasteiger partial charge >= 0.3 is 0 Å². The average molecular weight is 250 g/mol. The van der Waals surface area contributed by atoms with Gasteiger partial charge in [0, 0.05) is 11.1 Å². The summed E-state index contributed by atoms with van der Waals surface area (Å²) in [7, 11) is 1.53. The number of nitrogens with two attached hydrogens (primary N) is 1. The lowest BCUT2D eigenvalue weighted by atomic mass is 10.1. The van der Waals surface area contributed by atoms with Gasteiger partial charge in [-0.05, 0) is 25.1 Å². The molecule has 88 valence electrons. The molecule has 0 saturated carbocycles. The average Bonchev–Trinajstić information content (AvgIpc) is 2.27. The van der Waals surface area contributed by atoms with Gasteiger partial charge in [0.25, 0.3) is 0 Å². The number of fused-ring (bicyclic) bond motifs is 1. The van der Waals surface area contributed by atoms with Crippen LogP contribution < -0.4 is 10.5 Å². The first-order valence-corrected chi connectivity index (χ1v) is 5.40. The van der Waals surface area contributed by atoms with Crippen molar-refractivity contribution in [2.24, 2.45) is 5.73 Å². The molecule has 0 unspecified atom stereocenters. The smallest absolute Gasteiger partial charge is 0.130 e. The van der Waals surface area contributed by atoms with Crippen molar-refractivity contribution < 1.29 is 4.74 Å². The number of aryl methyl sites for hydroxylation is 1. The van der Waals surface area contributed by atoms with E-state index in [-0.39, 0.29) is 5.84 Å². The summed E-state index contributed by atoms with van der Waals surface area (Å²) in [6.45, 7) is 1.86. The Labute approximate surface area is 104 Å². The van der Waals surface area contributed by atoms with Crippen LogP contribution in [0.4, 0.5) is 0 Å². The molecule has 0 aliphatic rings. The fourth-order valence-corrected chi connectivity index (χ4v) is 2.17. The van der Waals surface area contributed by atoms with E-state index in [1.165, 1.54) is 7.11 Å². The molecule has 1 heterocycles. The predicted molar refractivity (Wildman–Crippen MR) is 69.1 cm³/mol. The van der Waals surface area contributed by atoms with Gasteiger partial charge in [-0.1, -0.05) is 11.6 Å². The van der Waals surface area contributed by atoms with Gasteiger partial charge in [-0.2, -0.15) is 0 Å². The lowest BCUT2D eigenvalue weighted by Crippen LogP contribution is -2.13. The van der Waals surface area contributed by atoms with Crippen LogP contribution in [-0.4, -0.2) is 17.9 Å². The Morgan fingerprint density at radius 1 is 1.47 bits per heavy atom. The minimum absolute atomic E-state index is 0.0833. The van der Waals surface area contributed by atoms with Crippen molar-refractivity contribution in [3.8, 4) is 5.75 Å². The van der Waals surface area contributed by atoms with Gasteiger partial charge in [0.05, 0.1) is 23.2 Å². The Bertz CT molecular complexity index is 610. The molecule has 2 rings (SSSR count). The molecule has 0 atom stereocenters. The van der Waals surface area contributed by atoms with Gasteiger partial charge in [-0.3, -0.25) is 10.4 Å². The third kappa shape index (κ3) is 1.91. The first-order valence-electron chi connectivity index (χ1n) is 5.03. The molecule has 2 aromatic rings. The summed E-state index contributed by atoms with van der Waals surface area (Å²) in [5.74, 6) is 0.442. The second-order valence-electron chi connectivity index (χ2n) is 3.70. The van der Waals surface area contributed by atoms with Crippen LogP contribution in [0, 0.1) is 12.3 Å². The summed E-state index contributed by atoms with van der Waals surface area (Å²) < 4.78 is 5.19. The van der Waals surface area contributed by atoms with Crippen LogP contribution >= 0.6 is 11.6 Å². The van der Waals surface area contributed by atoms with Crippen LogP contribution in [-0.2, 0) is 0 Å². The lowest BCUT2D eigenvalue weighted by Gasteiger charge is -2.12. The van der Waals surface area contributed by atoms with Crippen LogP contribution in [0.1, 0.15) is 11.3 Å². The number of hydrogen-bond acceptors (Lipinski definition) is 3. The van der Waals surface area contributed by atoms with E-state index in [9.17, 15) is 0 Å². The van der Waals surface area contributed by atoms with E-state index in [2.05, 4.69) is 4.98 Å². The summed E-state index contributed by atoms with van der Waals surface area (Å²) in [4.78, 5) is 4.36. The lowest BCUT2D eigenvalue weighted by molar-refractivity contribution is 0.414. The number of nitrogen functional groups attached to an aromatic ring is 1. The Balaban J connectivity index is 2.94. The highest BCUT2D eigenvalue weighted by atomic mass is 35.5. The number of hydrogen-bond donors (Lipinski definition) is 2. The zero-order valence-electron chi connectivity index (χ0n) is 9.54. The Morgan fingerprint density at radius 2 is 2.18 bits per heavy atom. The van der Waals surface area contributed by atoms with Crippen LogP contribution in [0.2, 0.25) is 5.02 Å². The standard InChI is InChI=1S/C12H12ClN3O/c1-6-5-7(13)10-8(16-6)3-4-9(17-2)11(10)12(14)15/h3-5H,1-2H3,(H3,14,15). The van der Waals surface area contributed by atoms with E-state index in [1.807, 2.05) is 6.92 Å². The summed E-state index contributed by atoms with van der Waals surface area (Å²) in [5, 5.41) is 8.80. The van der Waals surface area contributed by atoms with Crippen molar-refractivity contribution >= 4 is 28.3 Å². The second-order valence-corrected chi connectivity index (χ2v) is 4.10. The van der Waals surface area contributed by atoms with E-state index >= 15 is 0 Å². The van der Waals surface area contributed by atoms with Gasteiger partial charge in [0.2, 0.25) is 0 Å². The van der Waals surface area contributed by atoms with Crippen LogP contribution in [0.3, 0.4) is 0 Å². The molecule has 0 bridgehead atoms. The molecule has 1 aromatic heterocycles. The zero-order chi connectivity index (χ0) is 12.6. The van der Waals surface area contributed by atoms with Gasteiger partial charge < -0.3 is 10.5 Å². The fourth-order valence-electron chi connectivity index (χ4n) is 1.82. The number of rotatable bonds is 2. The van der Waals surface area contributed by atoms with Crippen LogP contribution in [0.5, 0.6) is 5.75 Å². The number of nitrogens with zero attached hydrogens (tertiary/aromatic N) is 1.